The lowest BCUT2D eigenvalue weighted by atomic mass is 10.1. The molecular weight excluding hydrogens is 306 g/mol. The summed E-state index contributed by atoms with van der Waals surface area (Å²) >= 11 is 1.35. The predicted molar refractivity (Wildman–Crippen MR) is 85.0 cm³/mol. The number of nitrogens with one attached hydrogen (secondary N) is 1. The van der Waals surface area contributed by atoms with Crippen molar-refractivity contribution in [2.24, 2.45) is 0 Å². The molecule has 0 amide bonds. The van der Waals surface area contributed by atoms with E-state index in [0.29, 0.717) is 11.4 Å². The Bertz CT molecular complexity index is 713. The average Bonchev–Trinajstić information content (AvgIpc) is 2.83. The SMILES string of the molecule is CC(C)(C)NCc1snnc1-c1ccc(S(C)(=O)=O)cc1. The third kappa shape index (κ3) is 4.33. The van der Waals surface area contributed by atoms with Gasteiger partial charge in [-0.3, -0.25) is 0 Å². The van der Waals surface area contributed by atoms with Gasteiger partial charge in [0.05, 0.1) is 9.77 Å². The van der Waals surface area contributed by atoms with Crippen LogP contribution in [-0.4, -0.2) is 29.8 Å². The second-order valence-electron chi connectivity index (χ2n) is 5.94. The lowest BCUT2D eigenvalue weighted by Crippen LogP contribution is -2.34. The number of nitrogens with zero attached hydrogens (tertiary/aromatic N) is 2. The summed E-state index contributed by atoms with van der Waals surface area (Å²) in [5.41, 5.74) is 1.69. The van der Waals surface area contributed by atoms with Crippen LogP contribution in [0, 0.1) is 0 Å². The molecule has 5 nitrogen and oxygen atoms in total. The summed E-state index contributed by atoms with van der Waals surface area (Å²) in [4.78, 5) is 1.35. The molecule has 0 aliphatic heterocycles. The van der Waals surface area contributed by atoms with Crippen LogP contribution in [0.25, 0.3) is 11.3 Å². The molecule has 21 heavy (non-hydrogen) atoms. The Hall–Kier alpha value is -1.31. The van der Waals surface area contributed by atoms with E-state index in [2.05, 4.69) is 35.7 Å². The Morgan fingerprint density at radius 1 is 1.19 bits per heavy atom. The fourth-order valence-electron chi connectivity index (χ4n) is 1.75. The van der Waals surface area contributed by atoms with Crippen molar-refractivity contribution in [3.8, 4) is 11.3 Å². The van der Waals surface area contributed by atoms with Crippen LogP contribution in [0.15, 0.2) is 29.2 Å². The summed E-state index contributed by atoms with van der Waals surface area (Å²) in [6, 6.07) is 6.75. The summed E-state index contributed by atoms with van der Waals surface area (Å²) in [5, 5.41) is 7.56. The highest BCUT2D eigenvalue weighted by molar-refractivity contribution is 7.90. The van der Waals surface area contributed by atoms with Crippen molar-refractivity contribution in [2.45, 2.75) is 37.8 Å². The van der Waals surface area contributed by atoms with Crippen LogP contribution >= 0.6 is 11.5 Å². The van der Waals surface area contributed by atoms with Crippen molar-refractivity contribution < 1.29 is 8.42 Å². The molecule has 2 aromatic rings. The van der Waals surface area contributed by atoms with Crippen molar-refractivity contribution in [2.75, 3.05) is 6.26 Å². The van der Waals surface area contributed by atoms with E-state index in [1.165, 1.54) is 17.8 Å². The lowest BCUT2D eigenvalue weighted by molar-refractivity contribution is 0.426. The van der Waals surface area contributed by atoms with Gasteiger partial charge in [-0.25, -0.2) is 8.42 Å². The fourth-order valence-corrected chi connectivity index (χ4v) is 2.98. The Morgan fingerprint density at radius 3 is 2.33 bits per heavy atom. The highest BCUT2D eigenvalue weighted by Crippen LogP contribution is 2.25. The van der Waals surface area contributed by atoms with Crippen LogP contribution in [0.1, 0.15) is 25.6 Å². The number of hydrogen-bond acceptors (Lipinski definition) is 6. The first kappa shape index (κ1) is 16.1. The van der Waals surface area contributed by atoms with Gasteiger partial charge < -0.3 is 5.32 Å². The molecule has 0 bridgehead atoms. The van der Waals surface area contributed by atoms with E-state index >= 15 is 0 Å². The molecule has 0 aliphatic rings. The zero-order valence-electron chi connectivity index (χ0n) is 12.5. The molecule has 0 spiro atoms. The number of rotatable bonds is 4. The van der Waals surface area contributed by atoms with Gasteiger partial charge in [-0.1, -0.05) is 16.6 Å². The van der Waals surface area contributed by atoms with Crippen LogP contribution in [0.4, 0.5) is 0 Å². The first-order valence-electron chi connectivity index (χ1n) is 6.53. The summed E-state index contributed by atoms with van der Waals surface area (Å²) in [6.45, 7) is 6.98. The molecule has 7 heteroatoms. The van der Waals surface area contributed by atoms with E-state index in [1.54, 1.807) is 24.3 Å². The second-order valence-corrected chi connectivity index (χ2v) is 8.80. The smallest absolute Gasteiger partial charge is 0.175 e. The third-order valence-corrected chi connectivity index (χ3v) is 4.74. The van der Waals surface area contributed by atoms with E-state index in [9.17, 15) is 8.42 Å². The molecule has 0 saturated carbocycles. The molecule has 0 aliphatic carbocycles. The Labute approximate surface area is 129 Å². The Kier molecular flexibility index (Phi) is 4.46. The van der Waals surface area contributed by atoms with Gasteiger partial charge in [0.15, 0.2) is 9.84 Å². The highest BCUT2D eigenvalue weighted by atomic mass is 32.2. The van der Waals surface area contributed by atoms with Crippen LogP contribution in [-0.2, 0) is 16.4 Å². The van der Waals surface area contributed by atoms with Gasteiger partial charge in [-0.05, 0) is 44.4 Å². The van der Waals surface area contributed by atoms with Crippen LogP contribution in [0.3, 0.4) is 0 Å². The maximum atomic E-state index is 11.5. The molecule has 0 fully saturated rings. The van der Waals surface area contributed by atoms with E-state index < -0.39 is 9.84 Å². The molecular formula is C14H19N3O2S2. The number of benzene rings is 1. The summed E-state index contributed by atoms with van der Waals surface area (Å²) in [5.74, 6) is 0. The molecule has 0 atom stereocenters. The van der Waals surface area contributed by atoms with Gasteiger partial charge in [0.1, 0.15) is 5.69 Å². The van der Waals surface area contributed by atoms with E-state index in [-0.39, 0.29) is 5.54 Å². The van der Waals surface area contributed by atoms with Gasteiger partial charge in [-0.15, -0.1) is 5.10 Å². The van der Waals surface area contributed by atoms with Crippen molar-refractivity contribution >= 4 is 21.4 Å². The van der Waals surface area contributed by atoms with Gasteiger partial charge >= 0.3 is 0 Å². The highest BCUT2D eigenvalue weighted by Gasteiger charge is 2.15. The molecule has 0 unspecified atom stereocenters. The van der Waals surface area contributed by atoms with E-state index in [4.69, 9.17) is 0 Å². The van der Waals surface area contributed by atoms with Gasteiger partial charge in [0.25, 0.3) is 0 Å². The van der Waals surface area contributed by atoms with Crippen LogP contribution in [0.5, 0.6) is 0 Å². The normalized spacial score (nSPS) is 12.6. The van der Waals surface area contributed by atoms with E-state index in [0.717, 1.165) is 16.1 Å². The summed E-state index contributed by atoms with van der Waals surface area (Å²) in [7, 11) is -3.17. The minimum atomic E-state index is -3.17. The maximum absolute atomic E-state index is 11.5. The molecule has 1 N–H and O–H groups in total. The molecule has 114 valence electrons. The minimum absolute atomic E-state index is 0.0153. The zero-order chi connectivity index (χ0) is 15.7. The molecule has 1 heterocycles. The Morgan fingerprint density at radius 2 is 1.81 bits per heavy atom. The summed E-state index contributed by atoms with van der Waals surface area (Å²) in [6.07, 6.45) is 1.20. The third-order valence-electron chi connectivity index (χ3n) is 2.89. The first-order chi connectivity index (χ1) is 9.67. The van der Waals surface area contributed by atoms with Crippen LogP contribution in [0.2, 0.25) is 0 Å². The van der Waals surface area contributed by atoms with Gasteiger partial charge in [-0.2, -0.15) is 0 Å². The standard InChI is InChI=1S/C14H19N3O2S2/c1-14(2,3)15-9-12-13(16-17-20-12)10-5-7-11(8-6-10)21(4,18)19/h5-8,15H,9H2,1-4H3. The molecule has 0 saturated heterocycles. The lowest BCUT2D eigenvalue weighted by Gasteiger charge is -2.19. The average molecular weight is 325 g/mol. The number of hydrogen-bond donors (Lipinski definition) is 1. The molecule has 1 aromatic carbocycles. The predicted octanol–water partition coefficient (Wildman–Crippen LogP) is 2.50. The monoisotopic (exact) mass is 325 g/mol. The first-order valence-corrected chi connectivity index (χ1v) is 9.20. The van der Waals surface area contributed by atoms with E-state index in [1.807, 2.05) is 0 Å². The number of aromatic nitrogens is 2. The minimum Gasteiger partial charge on any atom is -0.307 e. The topological polar surface area (TPSA) is 72.0 Å². The molecule has 1 aromatic heterocycles. The van der Waals surface area contributed by atoms with Crippen molar-refractivity contribution in [3.63, 3.8) is 0 Å². The van der Waals surface area contributed by atoms with Crippen LogP contribution < -0.4 is 5.32 Å². The zero-order valence-corrected chi connectivity index (χ0v) is 14.2. The van der Waals surface area contributed by atoms with Gasteiger partial charge in [0.2, 0.25) is 0 Å². The number of sulfone groups is 1. The van der Waals surface area contributed by atoms with Crippen molar-refractivity contribution in [3.05, 3.63) is 29.1 Å². The largest absolute Gasteiger partial charge is 0.307 e. The van der Waals surface area contributed by atoms with Gasteiger partial charge in [0, 0.05) is 23.9 Å². The maximum Gasteiger partial charge on any atom is 0.175 e. The molecule has 0 radical (unpaired) electrons. The van der Waals surface area contributed by atoms with Crippen molar-refractivity contribution in [1.29, 1.82) is 0 Å². The fraction of sp³-hybridized carbons (Fsp3) is 0.429. The second kappa shape index (κ2) is 5.82. The Balaban J connectivity index is 2.25. The summed E-state index contributed by atoms with van der Waals surface area (Å²) < 4.78 is 27.0. The van der Waals surface area contributed by atoms with Crippen molar-refractivity contribution in [1.82, 2.24) is 14.9 Å². The quantitative estimate of drug-likeness (QED) is 0.935. The molecule has 2 rings (SSSR count).